The van der Waals surface area contributed by atoms with Gasteiger partial charge in [-0.05, 0) is 34.7 Å². The molecule has 0 atom stereocenters. The lowest BCUT2D eigenvalue weighted by Crippen LogP contribution is -2.13. The number of aromatic hydroxyl groups is 1. The molecule has 0 aliphatic heterocycles. The van der Waals surface area contributed by atoms with Crippen molar-refractivity contribution >= 4 is 34.7 Å². The summed E-state index contributed by atoms with van der Waals surface area (Å²) in [7, 11) is 0. The van der Waals surface area contributed by atoms with E-state index >= 15 is 0 Å². The zero-order valence-electron chi connectivity index (χ0n) is 13.3. The van der Waals surface area contributed by atoms with E-state index in [1.54, 1.807) is 12.1 Å². The van der Waals surface area contributed by atoms with Crippen molar-refractivity contribution in [2.45, 2.75) is 32.6 Å². The highest BCUT2D eigenvalue weighted by Gasteiger charge is 2.20. The highest BCUT2D eigenvalue weighted by atomic mass is 35.5. The lowest BCUT2D eigenvalue weighted by Gasteiger charge is -2.21. The summed E-state index contributed by atoms with van der Waals surface area (Å²) in [6, 6.07) is 8.19. The van der Waals surface area contributed by atoms with Gasteiger partial charge in [0.1, 0.15) is 5.75 Å². The number of hydrogen-bond donors (Lipinski definition) is 2. The fourth-order valence-electron chi connectivity index (χ4n) is 2.43. The van der Waals surface area contributed by atoms with Crippen LogP contribution in [0.1, 0.15) is 42.3 Å². The van der Waals surface area contributed by atoms with E-state index in [1.807, 2.05) is 26.8 Å². The molecule has 0 saturated carbocycles. The number of rotatable bonds is 3. The summed E-state index contributed by atoms with van der Waals surface area (Å²) in [6.07, 6.45) is 0.146. The van der Waals surface area contributed by atoms with Crippen LogP contribution in [0.25, 0.3) is 0 Å². The molecule has 0 saturated heterocycles. The molecule has 0 aromatic heterocycles. The predicted molar refractivity (Wildman–Crippen MR) is 95.7 cm³/mol. The van der Waals surface area contributed by atoms with Crippen LogP contribution in [0.15, 0.2) is 30.3 Å². The Labute approximate surface area is 146 Å². The third-order valence-electron chi connectivity index (χ3n) is 3.58. The molecular formula is C18H19Cl2NO2. The van der Waals surface area contributed by atoms with Crippen LogP contribution in [-0.2, 0) is 11.8 Å². The molecule has 3 N–H and O–H groups in total. The maximum Gasteiger partial charge on any atom is 0.170 e. The Morgan fingerprint density at radius 3 is 2.22 bits per heavy atom. The van der Waals surface area contributed by atoms with E-state index in [0.29, 0.717) is 5.69 Å². The van der Waals surface area contributed by atoms with E-state index in [0.717, 1.165) is 11.1 Å². The molecule has 2 rings (SSSR count). The number of carbonyl (C=O) groups excluding carboxylic acids is 1. The monoisotopic (exact) mass is 351 g/mol. The van der Waals surface area contributed by atoms with Crippen LogP contribution < -0.4 is 5.73 Å². The Kier molecular flexibility index (Phi) is 4.92. The van der Waals surface area contributed by atoms with Gasteiger partial charge in [-0.25, -0.2) is 0 Å². The zero-order chi connectivity index (χ0) is 17.4. The number of nitrogen functional groups attached to an aromatic ring is 1. The molecule has 2 aromatic rings. The van der Waals surface area contributed by atoms with E-state index in [-0.39, 0.29) is 39.0 Å². The Balaban J connectivity index is 2.35. The van der Waals surface area contributed by atoms with Gasteiger partial charge in [0.2, 0.25) is 0 Å². The van der Waals surface area contributed by atoms with Gasteiger partial charge in [0.05, 0.1) is 15.6 Å². The fraction of sp³-hybridized carbons (Fsp3) is 0.278. The number of nitrogens with two attached hydrogens (primary N) is 1. The van der Waals surface area contributed by atoms with E-state index in [1.165, 1.54) is 12.1 Å². The second-order valence-electron chi connectivity index (χ2n) is 6.56. The molecule has 23 heavy (non-hydrogen) atoms. The number of hydrogen-bond acceptors (Lipinski definition) is 3. The second kappa shape index (κ2) is 6.42. The first-order chi connectivity index (χ1) is 10.6. The Hall–Kier alpha value is -1.71. The molecule has 0 radical (unpaired) electrons. The van der Waals surface area contributed by atoms with E-state index in [2.05, 4.69) is 0 Å². The van der Waals surface area contributed by atoms with Gasteiger partial charge in [0.25, 0.3) is 0 Å². The van der Waals surface area contributed by atoms with Gasteiger partial charge >= 0.3 is 0 Å². The number of phenolic OH excluding ortho intramolecular Hbond substituents is 1. The van der Waals surface area contributed by atoms with Gasteiger partial charge in [-0.1, -0.05) is 56.1 Å². The van der Waals surface area contributed by atoms with E-state index < -0.39 is 0 Å². The van der Waals surface area contributed by atoms with Crippen LogP contribution in [0.2, 0.25) is 10.0 Å². The first-order valence-corrected chi connectivity index (χ1v) is 7.95. The van der Waals surface area contributed by atoms with Crippen molar-refractivity contribution in [3.63, 3.8) is 0 Å². The summed E-state index contributed by atoms with van der Waals surface area (Å²) in [5.41, 5.74) is 7.70. The molecule has 5 heteroatoms. The quantitative estimate of drug-likeness (QED) is 0.603. The molecule has 122 valence electrons. The number of phenols is 1. The van der Waals surface area contributed by atoms with Crippen LogP contribution >= 0.6 is 23.2 Å². The number of ketones is 1. The standard InChI is InChI=1S/C18H19Cl2NO2/c1-18(2,3)12-6-10(4-5-15(12)22)7-16(23)17-13(19)8-11(21)9-14(17)20/h4-6,8-9,22H,7,21H2,1-3H3. The number of anilines is 1. The van der Waals surface area contributed by atoms with Crippen molar-refractivity contribution in [2.75, 3.05) is 5.73 Å². The molecule has 0 bridgehead atoms. The molecule has 0 amide bonds. The molecule has 3 nitrogen and oxygen atoms in total. The zero-order valence-corrected chi connectivity index (χ0v) is 14.8. The fourth-order valence-corrected chi connectivity index (χ4v) is 3.14. The van der Waals surface area contributed by atoms with Crippen molar-refractivity contribution in [3.05, 3.63) is 57.1 Å². The summed E-state index contributed by atoms with van der Waals surface area (Å²) in [5, 5.41) is 10.5. The first kappa shape index (κ1) is 17.6. The summed E-state index contributed by atoms with van der Waals surface area (Å²) in [5.74, 6) is 0.0304. The second-order valence-corrected chi connectivity index (χ2v) is 7.38. The van der Waals surface area contributed by atoms with Crippen molar-refractivity contribution < 1.29 is 9.90 Å². The minimum Gasteiger partial charge on any atom is -0.508 e. The van der Waals surface area contributed by atoms with Crippen molar-refractivity contribution in [3.8, 4) is 5.75 Å². The largest absolute Gasteiger partial charge is 0.508 e. The average molecular weight is 352 g/mol. The average Bonchev–Trinajstić information content (AvgIpc) is 2.38. The minimum atomic E-state index is -0.223. The Bertz CT molecular complexity index is 741. The molecule has 0 fully saturated rings. The molecular weight excluding hydrogens is 333 g/mol. The van der Waals surface area contributed by atoms with Crippen LogP contribution in [-0.4, -0.2) is 10.9 Å². The number of carbonyl (C=O) groups is 1. The maximum atomic E-state index is 12.5. The van der Waals surface area contributed by atoms with Crippen molar-refractivity contribution in [1.29, 1.82) is 0 Å². The third-order valence-corrected chi connectivity index (χ3v) is 4.17. The third kappa shape index (κ3) is 3.98. The van der Waals surface area contributed by atoms with Gasteiger partial charge in [0, 0.05) is 12.1 Å². The van der Waals surface area contributed by atoms with Crippen LogP contribution in [0.5, 0.6) is 5.75 Å². The lowest BCUT2D eigenvalue weighted by atomic mass is 9.85. The lowest BCUT2D eigenvalue weighted by molar-refractivity contribution is 0.0993. The molecule has 0 heterocycles. The van der Waals surface area contributed by atoms with Gasteiger partial charge in [-0.2, -0.15) is 0 Å². The number of Topliss-reactive ketones (excluding diaryl/α,β-unsaturated/α-hetero) is 1. The number of halogens is 2. The summed E-state index contributed by atoms with van der Waals surface area (Å²) in [4.78, 5) is 12.5. The summed E-state index contributed by atoms with van der Waals surface area (Å²) >= 11 is 12.2. The van der Waals surface area contributed by atoms with Crippen LogP contribution in [0.3, 0.4) is 0 Å². The van der Waals surface area contributed by atoms with Gasteiger partial charge < -0.3 is 10.8 Å². The molecule has 0 aliphatic carbocycles. The summed E-state index contributed by atoms with van der Waals surface area (Å²) < 4.78 is 0. The normalized spacial score (nSPS) is 11.5. The van der Waals surface area contributed by atoms with E-state index in [4.69, 9.17) is 28.9 Å². The molecule has 0 spiro atoms. The maximum absolute atomic E-state index is 12.5. The van der Waals surface area contributed by atoms with Gasteiger partial charge in [-0.3, -0.25) is 4.79 Å². The predicted octanol–water partition coefficient (Wildman–Crippen LogP) is 5.00. The molecule has 0 unspecified atom stereocenters. The molecule has 2 aromatic carbocycles. The van der Waals surface area contributed by atoms with Gasteiger partial charge in [-0.15, -0.1) is 0 Å². The molecule has 0 aliphatic rings. The SMILES string of the molecule is CC(C)(C)c1cc(CC(=O)c2c(Cl)cc(N)cc2Cl)ccc1O. The van der Waals surface area contributed by atoms with Crippen molar-refractivity contribution in [2.24, 2.45) is 0 Å². The van der Waals surface area contributed by atoms with E-state index in [9.17, 15) is 9.90 Å². The smallest absolute Gasteiger partial charge is 0.170 e. The highest BCUT2D eigenvalue weighted by molar-refractivity contribution is 6.40. The highest BCUT2D eigenvalue weighted by Crippen LogP contribution is 2.33. The Morgan fingerprint density at radius 2 is 1.70 bits per heavy atom. The first-order valence-electron chi connectivity index (χ1n) is 7.19. The van der Waals surface area contributed by atoms with Gasteiger partial charge in [0.15, 0.2) is 5.78 Å². The van der Waals surface area contributed by atoms with Crippen LogP contribution in [0, 0.1) is 0 Å². The number of benzene rings is 2. The van der Waals surface area contributed by atoms with Crippen LogP contribution in [0.4, 0.5) is 5.69 Å². The minimum absolute atomic E-state index is 0.146. The Morgan fingerprint density at radius 1 is 1.13 bits per heavy atom. The topological polar surface area (TPSA) is 63.3 Å². The summed E-state index contributed by atoms with van der Waals surface area (Å²) in [6.45, 7) is 6.00. The van der Waals surface area contributed by atoms with Crippen molar-refractivity contribution in [1.82, 2.24) is 0 Å².